The summed E-state index contributed by atoms with van der Waals surface area (Å²) in [6, 6.07) is 21.6. The molecule has 9 nitrogen and oxygen atoms in total. The first kappa shape index (κ1) is 36.7. The molecule has 2 N–H and O–H groups in total. The number of aromatic hydroxyl groups is 1. The normalized spacial score (nSPS) is 32.4. The second kappa shape index (κ2) is 14.4. The highest BCUT2D eigenvalue weighted by molar-refractivity contribution is 6.05. The number of piperazine rings is 1. The van der Waals surface area contributed by atoms with Gasteiger partial charge >= 0.3 is 0 Å². The van der Waals surface area contributed by atoms with Gasteiger partial charge in [0.15, 0.2) is 0 Å². The van der Waals surface area contributed by atoms with Gasteiger partial charge in [0.25, 0.3) is 5.91 Å². The summed E-state index contributed by atoms with van der Waals surface area (Å²) in [6.45, 7) is 7.78. The molecule has 304 valence electrons. The van der Waals surface area contributed by atoms with Crippen molar-refractivity contribution >= 4 is 29.1 Å². The van der Waals surface area contributed by atoms with E-state index in [1.165, 1.54) is 80.2 Å². The van der Waals surface area contributed by atoms with E-state index in [0.717, 1.165) is 81.2 Å². The molecule has 58 heavy (non-hydrogen) atoms. The standard InChI is InChI=1S/C49H59N5O4/c55-40-7-9-41-36(25-40)3-10-43(49-26-32-21-33(27-49)23-34(22-32)28-49)46(41)35-1-4-38(5-2-35)52-15-13-31(14-16-52)29-51-17-19-53(20-18-51)39-6-8-42-37(24-39)30-54(48(42)58)44-11-12-45(56)50-47(44)57/h1-2,4-9,24-25,31-34,43-44,46,55H,3,10-23,26-30H2,(H,50,56,57)/t32?,33?,34?,43-,44+,46+,49?/m1/s1. The van der Waals surface area contributed by atoms with E-state index in [-0.39, 0.29) is 24.1 Å². The average molecular weight is 782 g/mol. The van der Waals surface area contributed by atoms with Crippen molar-refractivity contribution in [1.29, 1.82) is 0 Å². The molecule has 3 atom stereocenters. The van der Waals surface area contributed by atoms with Gasteiger partial charge in [-0.2, -0.15) is 0 Å². The van der Waals surface area contributed by atoms with Crippen LogP contribution in [0.3, 0.4) is 0 Å². The first-order chi connectivity index (χ1) is 28.2. The summed E-state index contributed by atoms with van der Waals surface area (Å²) in [7, 11) is 0. The lowest BCUT2D eigenvalue weighted by atomic mass is 9.43. The summed E-state index contributed by atoms with van der Waals surface area (Å²) in [5.41, 5.74) is 8.96. The first-order valence-corrected chi connectivity index (χ1v) is 22.7. The molecule has 7 fully saturated rings. The average Bonchev–Trinajstić information content (AvgIpc) is 3.55. The third-order valence-electron chi connectivity index (χ3n) is 16.5. The van der Waals surface area contributed by atoms with Crippen LogP contribution in [-0.4, -0.2) is 84.5 Å². The van der Waals surface area contributed by atoms with Crippen molar-refractivity contribution in [3.63, 3.8) is 0 Å². The van der Waals surface area contributed by atoms with Crippen LogP contribution >= 0.6 is 0 Å². The fourth-order valence-corrected chi connectivity index (χ4v) is 14.1. The predicted molar refractivity (Wildman–Crippen MR) is 225 cm³/mol. The number of hydrogen-bond acceptors (Lipinski definition) is 7. The highest BCUT2D eigenvalue weighted by Gasteiger charge is 2.56. The van der Waals surface area contributed by atoms with Crippen molar-refractivity contribution in [2.45, 2.75) is 95.6 Å². The smallest absolute Gasteiger partial charge is 0.255 e. The molecular weight excluding hydrogens is 723 g/mol. The Labute approximate surface area is 343 Å². The third-order valence-corrected chi connectivity index (χ3v) is 16.5. The molecule has 0 spiro atoms. The van der Waals surface area contributed by atoms with Crippen LogP contribution in [0, 0.1) is 35.0 Å². The van der Waals surface area contributed by atoms with Crippen molar-refractivity contribution in [2.24, 2.45) is 35.0 Å². The zero-order valence-corrected chi connectivity index (χ0v) is 33.9. The fourth-order valence-electron chi connectivity index (χ4n) is 14.1. The highest BCUT2D eigenvalue weighted by Crippen LogP contribution is 2.66. The van der Waals surface area contributed by atoms with Gasteiger partial charge in [0.1, 0.15) is 11.8 Å². The summed E-state index contributed by atoms with van der Waals surface area (Å²) in [6.07, 6.45) is 14.2. The molecule has 4 bridgehead atoms. The number of nitrogens with zero attached hydrogens (tertiary/aromatic N) is 4. The number of phenolic OH excluding ortho intramolecular Hbond substituents is 1. The Morgan fingerprint density at radius 3 is 2.09 bits per heavy atom. The predicted octanol–water partition coefficient (Wildman–Crippen LogP) is 7.10. The quantitative estimate of drug-likeness (QED) is 0.247. The Kier molecular flexibility index (Phi) is 9.12. The molecule has 9 aliphatic rings. The number of aryl methyl sites for hydroxylation is 1. The molecule has 0 unspecified atom stereocenters. The van der Waals surface area contributed by atoms with Gasteiger partial charge in [0, 0.05) is 81.6 Å². The number of imide groups is 1. The number of piperidine rings is 2. The number of phenols is 1. The highest BCUT2D eigenvalue weighted by atomic mass is 16.3. The summed E-state index contributed by atoms with van der Waals surface area (Å²) in [4.78, 5) is 46.7. The van der Waals surface area contributed by atoms with Gasteiger partial charge in [0.05, 0.1) is 0 Å². The van der Waals surface area contributed by atoms with Crippen molar-refractivity contribution in [2.75, 3.05) is 55.6 Å². The van der Waals surface area contributed by atoms with Crippen LogP contribution in [0.2, 0.25) is 0 Å². The van der Waals surface area contributed by atoms with E-state index < -0.39 is 6.04 Å². The van der Waals surface area contributed by atoms with E-state index >= 15 is 0 Å². The van der Waals surface area contributed by atoms with Crippen LogP contribution in [-0.2, 0) is 22.6 Å². The number of rotatable bonds is 7. The Morgan fingerprint density at radius 2 is 1.38 bits per heavy atom. The van der Waals surface area contributed by atoms with Gasteiger partial charge in [0.2, 0.25) is 11.8 Å². The lowest BCUT2D eigenvalue weighted by Gasteiger charge is -2.61. The molecule has 5 aliphatic carbocycles. The maximum Gasteiger partial charge on any atom is 0.255 e. The number of amides is 3. The molecule has 0 radical (unpaired) electrons. The van der Waals surface area contributed by atoms with E-state index in [4.69, 9.17) is 0 Å². The maximum atomic E-state index is 13.2. The third kappa shape index (κ3) is 6.51. The summed E-state index contributed by atoms with van der Waals surface area (Å²) >= 11 is 0. The molecule has 4 heterocycles. The van der Waals surface area contributed by atoms with Crippen LogP contribution in [0.1, 0.15) is 109 Å². The summed E-state index contributed by atoms with van der Waals surface area (Å²) < 4.78 is 0. The van der Waals surface area contributed by atoms with E-state index in [1.807, 2.05) is 12.1 Å². The minimum absolute atomic E-state index is 0.113. The topological polar surface area (TPSA) is 96.4 Å². The van der Waals surface area contributed by atoms with Crippen LogP contribution in [0.15, 0.2) is 60.7 Å². The van der Waals surface area contributed by atoms with Crippen molar-refractivity contribution in [3.8, 4) is 5.75 Å². The molecule has 3 aromatic carbocycles. The van der Waals surface area contributed by atoms with Crippen LogP contribution in [0.4, 0.5) is 11.4 Å². The number of benzene rings is 3. The zero-order valence-electron chi connectivity index (χ0n) is 33.9. The lowest BCUT2D eigenvalue weighted by molar-refractivity contribution is -0.136. The second-order valence-electron chi connectivity index (χ2n) is 19.8. The molecule has 0 aromatic heterocycles. The van der Waals surface area contributed by atoms with Crippen molar-refractivity contribution in [3.05, 3.63) is 88.5 Å². The number of carbonyl (C=O) groups excluding carboxylic acids is 3. The number of anilines is 2. The lowest BCUT2D eigenvalue weighted by Crippen LogP contribution is -2.52. The van der Waals surface area contributed by atoms with Gasteiger partial charge in [-0.05, 0) is 170 Å². The van der Waals surface area contributed by atoms with Crippen LogP contribution in [0.5, 0.6) is 5.75 Å². The van der Waals surface area contributed by atoms with Gasteiger partial charge in [-0.25, -0.2) is 0 Å². The molecular formula is C49H59N5O4. The van der Waals surface area contributed by atoms with Gasteiger partial charge < -0.3 is 19.8 Å². The first-order valence-electron chi connectivity index (χ1n) is 22.7. The van der Waals surface area contributed by atoms with E-state index in [1.54, 1.807) is 4.90 Å². The minimum Gasteiger partial charge on any atom is -0.508 e. The molecule has 4 saturated carbocycles. The van der Waals surface area contributed by atoms with E-state index in [2.05, 4.69) is 68.5 Å². The maximum absolute atomic E-state index is 13.2. The summed E-state index contributed by atoms with van der Waals surface area (Å²) in [5.74, 6) is 4.36. The van der Waals surface area contributed by atoms with Crippen molar-refractivity contribution in [1.82, 2.24) is 15.1 Å². The monoisotopic (exact) mass is 781 g/mol. The molecule has 3 amide bonds. The van der Waals surface area contributed by atoms with Gasteiger partial charge in [-0.1, -0.05) is 18.2 Å². The van der Waals surface area contributed by atoms with E-state index in [0.29, 0.717) is 47.4 Å². The second-order valence-corrected chi connectivity index (χ2v) is 19.8. The fraction of sp³-hybridized carbons (Fsp3) is 0.571. The Hall–Kier alpha value is -4.37. The number of hydrogen-bond donors (Lipinski definition) is 2. The van der Waals surface area contributed by atoms with Crippen molar-refractivity contribution < 1.29 is 19.5 Å². The molecule has 12 rings (SSSR count). The largest absolute Gasteiger partial charge is 0.508 e. The molecule has 4 aliphatic heterocycles. The van der Waals surface area contributed by atoms with Gasteiger partial charge in [-0.15, -0.1) is 0 Å². The molecule has 3 saturated heterocycles. The molecule has 3 aromatic rings. The van der Waals surface area contributed by atoms with Crippen LogP contribution < -0.4 is 15.1 Å². The zero-order chi connectivity index (χ0) is 39.1. The Morgan fingerprint density at radius 1 is 0.690 bits per heavy atom. The number of nitrogens with one attached hydrogen (secondary N) is 1. The van der Waals surface area contributed by atoms with Gasteiger partial charge in [-0.3, -0.25) is 24.6 Å². The minimum atomic E-state index is -0.580. The molecule has 9 heteroatoms. The Balaban J connectivity index is 0.700. The Bertz CT molecular complexity index is 2060. The SMILES string of the molecule is O=C1CC[C@H](N2Cc3cc(N4CCN(CC5CCN(c6ccc([C@H]7c8ccc(O)cc8CC[C@H]7C78CC9CC(CC(C9)C7)C8)cc6)CC5)CC4)ccc3C2=O)C(=O)N1. The van der Waals surface area contributed by atoms with Crippen LogP contribution in [0.25, 0.3) is 0 Å². The number of carbonyl (C=O) groups is 3. The summed E-state index contributed by atoms with van der Waals surface area (Å²) in [5, 5.41) is 12.8. The number of fused-ring (bicyclic) bond motifs is 2. The van der Waals surface area contributed by atoms with E-state index in [9.17, 15) is 19.5 Å².